The van der Waals surface area contributed by atoms with E-state index in [0.717, 1.165) is 0 Å². The predicted octanol–water partition coefficient (Wildman–Crippen LogP) is 1.46. The summed E-state index contributed by atoms with van der Waals surface area (Å²) in [5.74, 6) is 0. The highest BCUT2D eigenvalue weighted by Gasteiger charge is 2.07. The van der Waals surface area contributed by atoms with Crippen LogP contribution >= 0.6 is 8.53 Å². The van der Waals surface area contributed by atoms with Crippen LogP contribution < -0.4 is 5.50 Å². The van der Waals surface area contributed by atoms with E-state index in [2.05, 4.69) is 9.56 Å². The Balaban J connectivity index is 3.20. The van der Waals surface area contributed by atoms with Gasteiger partial charge in [0, 0.05) is 0 Å². The molecule has 0 spiro atoms. The molecule has 0 aromatic heterocycles. The molecule has 70 valence electrons. The second-order valence-electron chi connectivity index (χ2n) is 2.24. The van der Waals surface area contributed by atoms with Crippen LogP contribution in [0.3, 0.4) is 0 Å². The van der Waals surface area contributed by atoms with Crippen molar-refractivity contribution in [2.75, 3.05) is 6.61 Å². The molecule has 2 N–H and O–H groups in total. The number of hydrogen-bond acceptors (Lipinski definition) is 5. The number of hydrogen-bond donors (Lipinski definition) is 1. The van der Waals surface area contributed by atoms with Gasteiger partial charge in [0.2, 0.25) is 0 Å². The summed E-state index contributed by atoms with van der Waals surface area (Å²) in [6.07, 6.45) is 0.297. The average Bonchev–Trinajstić information content (AvgIpc) is 1.97. The van der Waals surface area contributed by atoms with E-state index in [1.54, 1.807) is 0 Å². The Bertz CT molecular complexity index is 148. The second-order valence-corrected chi connectivity index (χ2v) is 3.17. The summed E-state index contributed by atoms with van der Waals surface area (Å²) in [7, 11) is -1.47. The van der Waals surface area contributed by atoms with Gasteiger partial charge in [-0.3, -0.25) is 5.50 Å². The van der Waals surface area contributed by atoms with Crippen molar-refractivity contribution in [2.45, 2.75) is 26.4 Å². The first-order valence-electron chi connectivity index (χ1n) is 3.55. The molecule has 0 heterocycles. The van der Waals surface area contributed by atoms with Crippen LogP contribution in [-0.4, -0.2) is 12.7 Å². The van der Waals surface area contributed by atoms with Crippen LogP contribution in [-0.2, 0) is 14.1 Å². The van der Waals surface area contributed by atoms with Crippen LogP contribution in [0, 0.1) is 11.3 Å². The van der Waals surface area contributed by atoms with Gasteiger partial charge in [0.05, 0.1) is 25.2 Å². The van der Waals surface area contributed by atoms with E-state index in [0.29, 0.717) is 0 Å². The molecule has 0 saturated carbocycles. The second kappa shape index (κ2) is 7.41. The molecule has 0 aromatic rings. The van der Waals surface area contributed by atoms with Crippen molar-refractivity contribution in [3.8, 4) is 6.07 Å². The van der Waals surface area contributed by atoms with Crippen LogP contribution in [0.4, 0.5) is 0 Å². The SMILES string of the molecule is CC(C)OP(N)OOCCC#N. The molecule has 0 fully saturated rings. The number of nitrogens with two attached hydrogens (primary N) is 1. The van der Waals surface area contributed by atoms with Crippen LogP contribution in [0.5, 0.6) is 0 Å². The molecule has 1 atom stereocenters. The highest BCUT2D eigenvalue weighted by atomic mass is 31.2. The minimum absolute atomic E-state index is 0.0145. The summed E-state index contributed by atoms with van der Waals surface area (Å²) >= 11 is 0. The van der Waals surface area contributed by atoms with Crippen LogP contribution in [0.2, 0.25) is 0 Å². The Kier molecular flexibility index (Phi) is 7.26. The van der Waals surface area contributed by atoms with Gasteiger partial charge in [-0.25, -0.2) is 4.89 Å². The first kappa shape index (κ1) is 11.8. The summed E-state index contributed by atoms with van der Waals surface area (Å²) in [6, 6.07) is 1.90. The maximum absolute atomic E-state index is 8.13. The van der Waals surface area contributed by atoms with Crippen molar-refractivity contribution >= 4 is 8.53 Å². The zero-order valence-electron chi connectivity index (χ0n) is 7.19. The zero-order chi connectivity index (χ0) is 9.40. The van der Waals surface area contributed by atoms with E-state index in [1.165, 1.54) is 0 Å². The van der Waals surface area contributed by atoms with Gasteiger partial charge in [-0.05, 0) is 13.8 Å². The van der Waals surface area contributed by atoms with Gasteiger partial charge in [0.15, 0.2) is 0 Å². The maximum atomic E-state index is 8.13. The van der Waals surface area contributed by atoms with E-state index in [9.17, 15) is 0 Å². The minimum Gasteiger partial charge on any atom is -0.318 e. The lowest BCUT2D eigenvalue weighted by Gasteiger charge is -2.12. The molecule has 12 heavy (non-hydrogen) atoms. The monoisotopic (exact) mass is 192 g/mol. The summed E-state index contributed by atoms with van der Waals surface area (Å²) < 4.78 is 9.67. The molecule has 0 amide bonds. The summed E-state index contributed by atoms with van der Waals surface area (Å²) in [4.78, 5) is 4.59. The van der Waals surface area contributed by atoms with Crippen LogP contribution in [0.15, 0.2) is 0 Å². The smallest absolute Gasteiger partial charge is 0.286 e. The van der Waals surface area contributed by atoms with Gasteiger partial charge < -0.3 is 4.52 Å². The Morgan fingerprint density at radius 2 is 2.25 bits per heavy atom. The molecule has 0 aliphatic carbocycles. The molecule has 0 aromatic carbocycles. The van der Waals surface area contributed by atoms with E-state index in [-0.39, 0.29) is 19.1 Å². The molecule has 0 aliphatic heterocycles. The Labute approximate surface area is 73.3 Å². The zero-order valence-corrected chi connectivity index (χ0v) is 8.08. The van der Waals surface area contributed by atoms with Gasteiger partial charge in [-0.1, -0.05) is 0 Å². The van der Waals surface area contributed by atoms with Gasteiger partial charge in [-0.2, -0.15) is 9.94 Å². The van der Waals surface area contributed by atoms with Crippen molar-refractivity contribution < 1.29 is 14.1 Å². The molecular formula is C6H13N2O3P. The first-order valence-corrected chi connectivity index (χ1v) is 4.79. The Morgan fingerprint density at radius 1 is 1.58 bits per heavy atom. The quantitative estimate of drug-likeness (QED) is 0.298. The largest absolute Gasteiger partial charge is 0.318 e. The molecule has 0 saturated heterocycles. The van der Waals surface area contributed by atoms with Gasteiger partial charge in [0.1, 0.15) is 0 Å². The van der Waals surface area contributed by atoms with E-state index < -0.39 is 8.53 Å². The minimum atomic E-state index is -1.47. The fourth-order valence-corrected chi connectivity index (χ4v) is 1.03. The number of nitrogens with zero attached hydrogens (tertiary/aromatic N) is 1. The fraction of sp³-hybridized carbons (Fsp3) is 0.833. The van der Waals surface area contributed by atoms with Crippen molar-refractivity contribution in [2.24, 2.45) is 5.50 Å². The molecule has 0 radical (unpaired) electrons. The highest BCUT2D eigenvalue weighted by molar-refractivity contribution is 7.44. The molecule has 6 heteroatoms. The van der Waals surface area contributed by atoms with Crippen LogP contribution in [0.25, 0.3) is 0 Å². The Hall–Kier alpha value is -0.240. The van der Waals surface area contributed by atoms with E-state index >= 15 is 0 Å². The molecule has 0 aliphatic rings. The van der Waals surface area contributed by atoms with E-state index in [1.807, 2.05) is 19.9 Å². The molecular weight excluding hydrogens is 179 g/mol. The number of nitriles is 1. The summed E-state index contributed by atoms with van der Waals surface area (Å²) in [5, 5.41) is 8.13. The predicted molar refractivity (Wildman–Crippen MR) is 44.6 cm³/mol. The first-order chi connectivity index (χ1) is 5.66. The van der Waals surface area contributed by atoms with E-state index in [4.69, 9.17) is 15.3 Å². The van der Waals surface area contributed by atoms with Crippen molar-refractivity contribution in [3.05, 3.63) is 0 Å². The molecule has 1 unspecified atom stereocenters. The van der Waals surface area contributed by atoms with Gasteiger partial charge in [-0.15, -0.1) is 0 Å². The van der Waals surface area contributed by atoms with Crippen molar-refractivity contribution in [1.29, 1.82) is 5.26 Å². The molecule has 0 rings (SSSR count). The molecule has 0 bridgehead atoms. The lowest BCUT2D eigenvalue weighted by atomic mass is 10.5. The fourth-order valence-electron chi connectivity index (χ4n) is 0.402. The standard InChI is InChI=1S/C6H13N2O3P/c1-6(2)10-12(8)11-9-5-3-4-7/h6H,3,5,8H2,1-2H3. The third-order valence-corrected chi connectivity index (χ3v) is 1.62. The average molecular weight is 192 g/mol. The maximum Gasteiger partial charge on any atom is 0.286 e. The Morgan fingerprint density at radius 3 is 2.75 bits per heavy atom. The van der Waals surface area contributed by atoms with Gasteiger partial charge >= 0.3 is 0 Å². The normalized spacial score (nSPS) is 12.9. The van der Waals surface area contributed by atoms with Crippen molar-refractivity contribution in [3.63, 3.8) is 0 Å². The van der Waals surface area contributed by atoms with Crippen molar-refractivity contribution in [1.82, 2.24) is 0 Å². The topological polar surface area (TPSA) is 77.5 Å². The summed E-state index contributed by atoms with van der Waals surface area (Å²) in [5.41, 5.74) is 5.37. The lowest BCUT2D eigenvalue weighted by molar-refractivity contribution is -0.206. The van der Waals surface area contributed by atoms with Crippen LogP contribution in [0.1, 0.15) is 20.3 Å². The third kappa shape index (κ3) is 7.86. The van der Waals surface area contributed by atoms with Gasteiger partial charge in [0.25, 0.3) is 8.53 Å². The lowest BCUT2D eigenvalue weighted by Crippen LogP contribution is -2.05. The summed E-state index contributed by atoms with van der Waals surface area (Å²) in [6.45, 7) is 3.91. The number of rotatable bonds is 6. The third-order valence-electron chi connectivity index (χ3n) is 0.738. The molecule has 5 nitrogen and oxygen atoms in total. The highest BCUT2D eigenvalue weighted by Crippen LogP contribution is 2.30.